The summed E-state index contributed by atoms with van der Waals surface area (Å²) in [6.07, 6.45) is 7.23. The number of carbonyl (C=O) groups excluding carboxylic acids is 1. The molecule has 0 saturated heterocycles. The number of aromatic nitrogens is 2. The maximum atomic E-state index is 11.6. The van der Waals surface area contributed by atoms with Crippen molar-refractivity contribution in [3.63, 3.8) is 0 Å². The van der Waals surface area contributed by atoms with E-state index in [1.807, 2.05) is 11.5 Å². The number of rotatable bonds is 2. The van der Waals surface area contributed by atoms with Crippen LogP contribution in [0.25, 0.3) is 0 Å². The molecule has 1 fully saturated rings. The molecule has 0 atom stereocenters. The van der Waals surface area contributed by atoms with E-state index >= 15 is 0 Å². The van der Waals surface area contributed by atoms with Gasteiger partial charge in [-0.25, -0.2) is 9.78 Å². The van der Waals surface area contributed by atoms with E-state index in [9.17, 15) is 4.79 Å². The van der Waals surface area contributed by atoms with E-state index in [4.69, 9.17) is 10.5 Å². The summed E-state index contributed by atoms with van der Waals surface area (Å²) in [6, 6.07) is 0.374. The lowest BCUT2D eigenvalue weighted by Crippen LogP contribution is -2.14. The first-order valence-electron chi connectivity index (χ1n) is 6.57. The molecule has 100 valence electrons. The van der Waals surface area contributed by atoms with Crippen LogP contribution in [0, 0.1) is 6.92 Å². The van der Waals surface area contributed by atoms with Crippen molar-refractivity contribution in [1.29, 1.82) is 0 Å². The van der Waals surface area contributed by atoms with Gasteiger partial charge in [-0.2, -0.15) is 0 Å². The molecule has 0 unspecified atom stereocenters. The first-order valence-corrected chi connectivity index (χ1v) is 6.57. The molecule has 1 aliphatic carbocycles. The maximum Gasteiger partial charge on any atom is 0.360 e. The van der Waals surface area contributed by atoms with Crippen molar-refractivity contribution < 1.29 is 9.53 Å². The van der Waals surface area contributed by atoms with Gasteiger partial charge >= 0.3 is 5.97 Å². The second kappa shape index (κ2) is 5.42. The van der Waals surface area contributed by atoms with Gasteiger partial charge in [0.25, 0.3) is 0 Å². The highest BCUT2D eigenvalue weighted by atomic mass is 16.5. The Labute approximate surface area is 107 Å². The van der Waals surface area contributed by atoms with E-state index in [2.05, 4.69) is 4.98 Å². The number of anilines is 1. The number of methoxy groups -OCH3 is 1. The van der Waals surface area contributed by atoms with Crippen LogP contribution in [0.3, 0.4) is 0 Å². The predicted octanol–water partition coefficient (Wildman–Crippen LogP) is 2.46. The van der Waals surface area contributed by atoms with Gasteiger partial charge in [-0.3, -0.25) is 0 Å². The molecular formula is C13H21N3O2. The van der Waals surface area contributed by atoms with E-state index in [0.29, 0.717) is 11.9 Å². The highest BCUT2D eigenvalue weighted by Gasteiger charge is 2.24. The smallest absolute Gasteiger partial charge is 0.360 e. The monoisotopic (exact) mass is 251 g/mol. The molecule has 1 aromatic heterocycles. The molecule has 1 aliphatic rings. The van der Waals surface area contributed by atoms with E-state index < -0.39 is 5.97 Å². The summed E-state index contributed by atoms with van der Waals surface area (Å²) in [5, 5.41) is 0. The standard InChI is InChI=1S/C13H21N3O2/c1-9-15-11(13(17)18-2)12(14)16(9)10-7-5-3-4-6-8-10/h10H,3-8,14H2,1-2H3. The molecule has 2 N–H and O–H groups in total. The third-order valence-electron chi connectivity index (χ3n) is 3.69. The zero-order chi connectivity index (χ0) is 13.1. The predicted molar refractivity (Wildman–Crippen MR) is 69.5 cm³/mol. The van der Waals surface area contributed by atoms with Crippen molar-refractivity contribution >= 4 is 11.8 Å². The normalized spacial score (nSPS) is 17.4. The maximum absolute atomic E-state index is 11.6. The Morgan fingerprint density at radius 3 is 2.50 bits per heavy atom. The molecule has 5 heteroatoms. The minimum atomic E-state index is -0.456. The molecule has 0 bridgehead atoms. The van der Waals surface area contributed by atoms with Gasteiger partial charge in [0.15, 0.2) is 5.69 Å². The summed E-state index contributed by atoms with van der Waals surface area (Å²) in [5.41, 5.74) is 6.31. The van der Waals surface area contributed by atoms with Gasteiger partial charge in [-0.15, -0.1) is 0 Å². The van der Waals surface area contributed by atoms with E-state index in [-0.39, 0.29) is 5.69 Å². The zero-order valence-electron chi connectivity index (χ0n) is 11.1. The molecule has 2 rings (SSSR count). The summed E-state index contributed by atoms with van der Waals surface area (Å²) in [7, 11) is 1.35. The Balaban J connectivity index is 2.32. The van der Waals surface area contributed by atoms with Crippen molar-refractivity contribution in [1.82, 2.24) is 9.55 Å². The van der Waals surface area contributed by atoms with Crippen molar-refractivity contribution in [2.45, 2.75) is 51.5 Å². The number of carbonyl (C=O) groups is 1. The van der Waals surface area contributed by atoms with Gasteiger partial charge in [0.05, 0.1) is 7.11 Å². The number of aryl methyl sites for hydroxylation is 1. The summed E-state index contributed by atoms with van der Waals surface area (Å²) in [6.45, 7) is 1.90. The molecule has 18 heavy (non-hydrogen) atoms. The molecule has 1 aromatic rings. The van der Waals surface area contributed by atoms with Gasteiger partial charge < -0.3 is 15.0 Å². The number of imidazole rings is 1. The van der Waals surface area contributed by atoms with Crippen LogP contribution in [0.15, 0.2) is 0 Å². The Kier molecular flexibility index (Phi) is 3.89. The second-order valence-electron chi connectivity index (χ2n) is 4.90. The van der Waals surface area contributed by atoms with Crippen molar-refractivity contribution in [2.75, 3.05) is 12.8 Å². The molecule has 0 amide bonds. The average molecular weight is 251 g/mol. The molecule has 1 heterocycles. The van der Waals surface area contributed by atoms with Crippen molar-refractivity contribution in [2.24, 2.45) is 0 Å². The molecule has 0 aromatic carbocycles. The van der Waals surface area contributed by atoms with Crippen LogP contribution in [-0.2, 0) is 4.74 Å². The molecule has 0 spiro atoms. The lowest BCUT2D eigenvalue weighted by atomic mass is 10.1. The third kappa shape index (κ3) is 2.35. The summed E-state index contributed by atoms with van der Waals surface area (Å²) in [5.74, 6) is 0.800. The number of nitrogens with zero attached hydrogens (tertiary/aromatic N) is 2. The SMILES string of the molecule is COC(=O)c1nc(C)n(C2CCCCCC2)c1N. The van der Waals surface area contributed by atoms with Gasteiger partial charge in [-0.1, -0.05) is 25.7 Å². The van der Waals surface area contributed by atoms with Gasteiger partial charge in [0.1, 0.15) is 11.6 Å². The van der Waals surface area contributed by atoms with Gasteiger partial charge in [0, 0.05) is 6.04 Å². The van der Waals surface area contributed by atoms with E-state index in [1.165, 1.54) is 32.8 Å². The first kappa shape index (κ1) is 12.9. The van der Waals surface area contributed by atoms with Crippen LogP contribution in [0.5, 0.6) is 0 Å². The Morgan fingerprint density at radius 2 is 1.94 bits per heavy atom. The Bertz CT molecular complexity index is 432. The van der Waals surface area contributed by atoms with Crippen LogP contribution in [0.1, 0.15) is 60.9 Å². The van der Waals surface area contributed by atoms with E-state index in [0.717, 1.165) is 18.7 Å². The van der Waals surface area contributed by atoms with Crippen LogP contribution in [0.2, 0.25) is 0 Å². The molecule has 5 nitrogen and oxygen atoms in total. The molecular weight excluding hydrogens is 230 g/mol. The number of hydrogen-bond acceptors (Lipinski definition) is 4. The zero-order valence-corrected chi connectivity index (χ0v) is 11.1. The fraction of sp³-hybridized carbons (Fsp3) is 0.692. The highest BCUT2D eigenvalue weighted by molar-refractivity contribution is 5.92. The van der Waals surface area contributed by atoms with Crippen molar-refractivity contribution in [3.05, 3.63) is 11.5 Å². The van der Waals surface area contributed by atoms with Crippen molar-refractivity contribution in [3.8, 4) is 0 Å². The second-order valence-corrected chi connectivity index (χ2v) is 4.90. The lowest BCUT2D eigenvalue weighted by Gasteiger charge is -2.19. The van der Waals surface area contributed by atoms with Crippen LogP contribution in [0.4, 0.5) is 5.82 Å². The topological polar surface area (TPSA) is 70.1 Å². The minimum absolute atomic E-state index is 0.249. The number of hydrogen-bond donors (Lipinski definition) is 1. The van der Waals surface area contributed by atoms with Crippen LogP contribution in [-0.4, -0.2) is 22.6 Å². The minimum Gasteiger partial charge on any atom is -0.464 e. The summed E-state index contributed by atoms with van der Waals surface area (Å²) in [4.78, 5) is 15.8. The van der Waals surface area contributed by atoms with Crippen LogP contribution < -0.4 is 5.73 Å². The largest absolute Gasteiger partial charge is 0.464 e. The fourth-order valence-corrected chi connectivity index (χ4v) is 2.79. The number of esters is 1. The van der Waals surface area contributed by atoms with Gasteiger partial charge in [-0.05, 0) is 19.8 Å². The summed E-state index contributed by atoms with van der Waals surface area (Å²) >= 11 is 0. The Hall–Kier alpha value is -1.52. The van der Waals surface area contributed by atoms with Gasteiger partial charge in [0.2, 0.25) is 0 Å². The van der Waals surface area contributed by atoms with Crippen LogP contribution >= 0.6 is 0 Å². The van der Waals surface area contributed by atoms with E-state index in [1.54, 1.807) is 0 Å². The average Bonchev–Trinajstić information content (AvgIpc) is 2.59. The highest BCUT2D eigenvalue weighted by Crippen LogP contribution is 2.31. The molecule has 0 aliphatic heterocycles. The Morgan fingerprint density at radius 1 is 1.33 bits per heavy atom. The number of nitrogens with two attached hydrogens (primary N) is 1. The third-order valence-corrected chi connectivity index (χ3v) is 3.69. The number of nitrogen functional groups attached to an aromatic ring is 1. The number of ether oxygens (including phenoxy) is 1. The first-order chi connectivity index (χ1) is 8.65. The lowest BCUT2D eigenvalue weighted by molar-refractivity contribution is 0.0595. The summed E-state index contributed by atoms with van der Waals surface area (Å²) < 4.78 is 6.71. The quantitative estimate of drug-likeness (QED) is 0.647. The molecule has 1 saturated carbocycles. The fourth-order valence-electron chi connectivity index (χ4n) is 2.79. The molecule has 0 radical (unpaired) electrons.